The van der Waals surface area contributed by atoms with Crippen LogP contribution >= 0.6 is 0 Å². The molecular formula is C17H23N3O2. The first-order valence-corrected chi connectivity index (χ1v) is 7.61. The van der Waals surface area contributed by atoms with E-state index in [4.69, 9.17) is 4.42 Å². The molecule has 1 heterocycles. The summed E-state index contributed by atoms with van der Waals surface area (Å²) in [4.78, 5) is 14.1. The standard InChI is InChI=1S/C17H23N3O2/c1-3-20(4-2)15-9-7-14(8-10-15)19-17(21)13-18-12-16-6-5-11-22-16/h5-11,18H,3-4,12-13H2,1-2H3,(H,19,21). The number of carbonyl (C=O) groups is 1. The van der Waals surface area contributed by atoms with Crippen molar-refractivity contribution in [1.82, 2.24) is 5.32 Å². The lowest BCUT2D eigenvalue weighted by Crippen LogP contribution is -2.27. The lowest BCUT2D eigenvalue weighted by molar-refractivity contribution is -0.115. The predicted molar refractivity (Wildman–Crippen MR) is 89.0 cm³/mol. The van der Waals surface area contributed by atoms with Gasteiger partial charge in [-0.2, -0.15) is 0 Å². The Morgan fingerprint density at radius 2 is 1.86 bits per heavy atom. The molecule has 0 bridgehead atoms. The molecule has 0 fully saturated rings. The van der Waals surface area contributed by atoms with Crippen LogP contribution in [0.2, 0.25) is 0 Å². The van der Waals surface area contributed by atoms with Gasteiger partial charge in [-0.25, -0.2) is 0 Å². The molecule has 0 radical (unpaired) electrons. The zero-order valence-corrected chi connectivity index (χ0v) is 13.1. The predicted octanol–water partition coefficient (Wildman–Crippen LogP) is 2.85. The normalized spacial score (nSPS) is 10.5. The maximum atomic E-state index is 11.9. The van der Waals surface area contributed by atoms with E-state index in [1.54, 1.807) is 6.26 Å². The molecule has 1 aromatic heterocycles. The van der Waals surface area contributed by atoms with Gasteiger partial charge in [-0.1, -0.05) is 0 Å². The van der Waals surface area contributed by atoms with Gasteiger partial charge in [0.15, 0.2) is 0 Å². The van der Waals surface area contributed by atoms with Crippen LogP contribution in [-0.4, -0.2) is 25.5 Å². The van der Waals surface area contributed by atoms with Crippen LogP contribution in [-0.2, 0) is 11.3 Å². The smallest absolute Gasteiger partial charge is 0.238 e. The molecule has 2 N–H and O–H groups in total. The quantitative estimate of drug-likeness (QED) is 0.787. The van der Waals surface area contributed by atoms with E-state index in [9.17, 15) is 4.79 Å². The van der Waals surface area contributed by atoms with E-state index < -0.39 is 0 Å². The highest BCUT2D eigenvalue weighted by atomic mass is 16.3. The van der Waals surface area contributed by atoms with Crippen molar-refractivity contribution in [3.8, 4) is 0 Å². The van der Waals surface area contributed by atoms with Gasteiger partial charge < -0.3 is 20.0 Å². The van der Waals surface area contributed by atoms with Crippen molar-refractivity contribution >= 4 is 17.3 Å². The van der Waals surface area contributed by atoms with Crippen molar-refractivity contribution < 1.29 is 9.21 Å². The summed E-state index contributed by atoms with van der Waals surface area (Å²) in [7, 11) is 0. The van der Waals surface area contributed by atoms with E-state index in [-0.39, 0.29) is 12.5 Å². The summed E-state index contributed by atoms with van der Waals surface area (Å²) in [6.45, 7) is 6.99. The van der Waals surface area contributed by atoms with Gasteiger partial charge in [-0.3, -0.25) is 4.79 Å². The third-order valence-corrected chi connectivity index (χ3v) is 3.44. The molecule has 22 heavy (non-hydrogen) atoms. The minimum Gasteiger partial charge on any atom is -0.468 e. The van der Waals surface area contributed by atoms with Crippen LogP contribution in [0.5, 0.6) is 0 Å². The van der Waals surface area contributed by atoms with Gasteiger partial charge in [0.25, 0.3) is 0 Å². The summed E-state index contributed by atoms with van der Waals surface area (Å²) < 4.78 is 5.19. The second kappa shape index (κ2) is 8.24. The summed E-state index contributed by atoms with van der Waals surface area (Å²) in [6, 6.07) is 11.6. The van der Waals surface area contributed by atoms with E-state index >= 15 is 0 Å². The van der Waals surface area contributed by atoms with Gasteiger partial charge in [0.05, 0.1) is 19.4 Å². The van der Waals surface area contributed by atoms with Crippen LogP contribution in [0.4, 0.5) is 11.4 Å². The molecule has 118 valence electrons. The fourth-order valence-electron chi connectivity index (χ4n) is 2.26. The second-order valence-corrected chi connectivity index (χ2v) is 4.95. The van der Waals surface area contributed by atoms with Crippen LogP contribution in [0.1, 0.15) is 19.6 Å². The number of nitrogens with zero attached hydrogens (tertiary/aromatic N) is 1. The zero-order valence-electron chi connectivity index (χ0n) is 13.1. The SMILES string of the molecule is CCN(CC)c1ccc(NC(=O)CNCc2ccco2)cc1. The zero-order chi connectivity index (χ0) is 15.8. The molecular weight excluding hydrogens is 278 g/mol. The highest BCUT2D eigenvalue weighted by Crippen LogP contribution is 2.17. The van der Waals surface area contributed by atoms with E-state index in [0.29, 0.717) is 6.54 Å². The van der Waals surface area contributed by atoms with Crippen molar-refractivity contribution in [2.24, 2.45) is 0 Å². The van der Waals surface area contributed by atoms with Crippen molar-refractivity contribution in [2.75, 3.05) is 29.9 Å². The van der Waals surface area contributed by atoms with Crippen molar-refractivity contribution in [3.05, 3.63) is 48.4 Å². The topological polar surface area (TPSA) is 57.5 Å². The molecule has 0 saturated carbocycles. The molecule has 0 spiro atoms. The van der Waals surface area contributed by atoms with Crippen LogP contribution in [0.25, 0.3) is 0 Å². The molecule has 0 unspecified atom stereocenters. The Balaban J connectivity index is 1.78. The molecule has 1 amide bonds. The van der Waals surface area contributed by atoms with Crippen molar-refractivity contribution in [2.45, 2.75) is 20.4 Å². The van der Waals surface area contributed by atoms with Gasteiger partial charge in [0.2, 0.25) is 5.91 Å². The number of rotatable bonds is 8. The number of nitrogens with one attached hydrogen (secondary N) is 2. The van der Waals surface area contributed by atoms with E-state index in [0.717, 1.165) is 24.5 Å². The molecule has 5 heteroatoms. The third kappa shape index (κ3) is 4.63. The van der Waals surface area contributed by atoms with Crippen LogP contribution in [0, 0.1) is 0 Å². The summed E-state index contributed by atoms with van der Waals surface area (Å²) in [6.07, 6.45) is 1.62. The molecule has 5 nitrogen and oxygen atoms in total. The number of amides is 1. The molecule has 0 aliphatic heterocycles. The molecule has 0 atom stereocenters. The lowest BCUT2D eigenvalue weighted by Gasteiger charge is -2.21. The fraction of sp³-hybridized carbons (Fsp3) is 0.353. The molecule has 0 aliphatic carbocycles. The Bertz CT molecular complexity index is 560. The molecule has 0 saturated heterocycles. The Morgan fingerprint density at radius 1 is 1.14 bits per heavy atom. The maximum absolute atomic E-state index is 11.9. The summed E-state index contributed by atoms with van der Waals surface area (Å²) in [5.74, 6) is 0.749. The highest BCUT2D eigenvalue weighted by Gasteiger charge is 2.05. The Morgan fingerprint density at radius 3 is 2.45 bits per heavy atom. The first-order chi connectivity index (χ1) is 10.7. The monoisotopic (exact) mass is 301 g/mol. The number of anilines is 2. The molecule has 1 aromatic carbocycles. The number of carbonyl (C=O) groups excluding carboxylic acids is 1. The second-order valence-electron chi connectivity index (χ2n) is 4.95. The van der Waals surface area contributed by atoms with Crippen molar-refractivity contribution in [1.29, 1.82) is 0 Å². The average Bonchev–Trinajstić information content (AvgIpc) is 3.03. The summed E-state index contributed by atoms with van der Waals surface area (Å²) in [5.41, 5.74) is 1.97. The first-order valence-electron chi connectivity index (χ1n) is 7.61. The Hall–Kier alpha value is -2.27. The van der Waals surface area contributed by atoms with Gasteiger partial charge in [0, 0.05) is 24.5 Å². The van der Waals surface area contributed by atoms with Crippen molar-refractivity contribution in [3.63, 3.8) is 0 Å². The van der Waals surface area contributed by atoms with E-state index in [1.807, 2.05) is 36.4 Å². The molecule has 0 aliphatic rings. The number of furan rings is 1. The van der Waals surface area contributed by atoms with Gasteiger partial charge in [0.1, 0.15) is 5.76 Å². The average molecular weight is 301 g/mol. The van der Waals surface area contributed by atoms with E-state index in [1.165, 1.54) is 5.69 Å². The summed E-state index contributed by atoms with van der Waals surface area (Å²) >= 11 is 0. The first kappa shape index (κ1) is 16.1. The highest BCUT2D eigenvalue weighted by molar-refractivity contribution is 5.92. The maximum Gasteiger partial charge on any atom is 0.238 e. The van der Waals surface area contributed by atoms with Gasteiger partial charge in [-0.05, 0) is 50.2 Å². The van der Waals surface area contributed by atoms with E-state index in [2.05, 4.69) is 29.4 Å². The van der Waals surface area contributed by atoms with Crippen LogP contribution in [0.15, 0.2) is 47.1 Å². The minimum absolute atomic E-state index is 0.0675. The third-order valence-electron chi connectivity index (χ3n) is 3.44. The molecule has 2 aromatic rings. The largest absolute Gasteiger partial charge is 0.468 e. The number of benzene rings is 1. The number of hydrogen-bond acceptors (Lipinski definition) is 4. The Kier molecular flexibility index (Phi) is 6.03. The minimum atomic E-state index is -0.0675. The number of hydrogen-bond donors (Lipinski definition) is 2. The summed E-state index contributed by atoms with van der Waals surface area (Å²) in [5, 5.41) is 5.92. The van der Waals surface area contributed by atoms with Gasteiger partial charge >= 0.3 is 0 Å². The fourth-order valence-corrected chi connectivity index (χ4v) is 2.26. The van der Waals surface area contributed by atoms with Gasteiger partial charge in [-0.15, -0.1) is 0 Å². The lowest BCUT2D eigenvalue weighted by atomic mass is 10.2. The Labute approximate surface area is 131 Å². The molecule has 2 rings (SSSR count). The van der Waals surface area contributed by atoms with Crippen LogP contribution < -0.4 is 15.5 Å². The van der Waals surface area contributed by atoms with Crippen LogP contribution in [0.3, 0.4) is 0 Å².